The third-order valence-corrected chi connectivity index (χ3v) is 6.76. The first kappa shape index (κ1) is 18.9. The number of ether oxygens (including phenoxy) is 1. The molecule has 3 unspecified atom stereocenters. The van der Waals surface area contributed by atoms with Crippen molar-refractivity contribution in [1.82, 2.24) is 10.2 Å². The first-order valence-electron chi connectivity index (χ1n) is 10.6. The van der Waals surface area contributed by atoms with Gasteiger partial charge in [-0.3, -0.25) is 9.69 Å². The minimum atomic E-state index is 0.0803. The molecule has 27 heavy (non-hydrogen) atoms. The molecule has 1 heterocycles. The van der Waals surface area contributed by atoms with Gasteiger partial charge in [0.05, 0.1) is 12.7 Å². The smallest absolute Gasteiger partial charge is 0.223 e. The Kier molecular flexibility index (Phi) is 6.11. The number of nitrogens with zero attached hydrogens (tertiary/aromatic N) is 1. The summed E-state index contributed by atoms with van der Waals surface area (Å²) in [4.78, 5) is 15.1. The van der Waals surface area contributed by atoms with E-state index >= 15 is 0 Å². The van der Waals surface area contributed by atoms with E-state index in [4.69, 9.17) is 10.5 Å². The quantitative estimate of drug-likeness (QED) is 0.832. The highest BCUT2D eigenvalue weighted by atomic mass is 16.5. The van der Waals surface area contributed by atoms with Crippen molar-refractivity contribution in [2.24, 2.45) is 23.5 Å². The number of carbonyl (C=O) groups is 1. The molecular weight excluding hydrogens is 338 g/mol. The molecular formula is C22H33N3O2. The Balaban J connectivity index is 1.24. The molecule has 0 aromatic heterocycles. The Morgan fingerprint density at radius 2 is 1.93 bits per heavy atom. The van der Waals surface area contributed by atoms with E-state index in [-0.39, 0.29) is 17.9 Å². The number of nitrogens with one attached hydrogen (secondary N) is 1. The standard InChI is InChI=1S/C22H33N3O2/c23-21-17-7-4-8-18(21)12-19(11-17)22(26)24-13-20-15-25(9-10-27-20)14-16-5-2-1-3-6-16/h1-3,5-6,17-21H,4,7-15,23H2,(H,24,26). The first-order chi connectivity index (χ1) is 13.2. The fourth-order valence-electron chi connectivity index (χ4n) is 5.25. The van der Waals surface area contributed by atoms with E-state index in [0.29, 0.717) is 24.4 Å². The van der Waals surface area contributed by atoms with Gasteiger partial charge in [-0.2, -0.15) is 0 Å². The molecule has 1 aliphatic heterocycles. The largest absolute Gasteiger partial charge is 0.374 e. The zero-order valence-corrected chi connectivity index (χ0v) is 16.2. The summed E-state index contributed by atoms with van der Waals surface area (Å²) in [5.74, 6) is 1.44. The zero-order valence-electron chi connectivity index (χ0n) is 16.2. The van der Waals surface area contributed by atoms with Crippen molar-refractivity contribution in [3.63, 3.8) is 0 Å². The van der Waals surface area contributed by atoms with Crippen LogP contribution in [0.5, 0.6) is 0 Å². The molecule has 0 spiro atoms. The maximum atomic E-state index is 12.7. The van der Waals surface area contributed by atoms with Crippen LogP contribution in [0, 0.1) is 17.8 Å². The minimum Gasteiger partial charge on any atom is -0.374 e. The van der Waals surface area contributed by atoms with Gasteiger partial charge in [-0.15, -0.1) is 0 Å². The Hall–Kier alpha value is -1.43. The van der Waals surface area contributed by atoms with Crippen LogP contribution in [0.2, 0.25) is 0 Å². The molecule has 0 radical (unpaired) electrons. The lowest BCUT2D eigenvalue weighted by Gasteiger charge is -2.43. The molecule has 148 valence electrons. The predicted octanol–water partition coefficient (Wildman–Crippen LogP) is 2.16. The number of amides is 1. The molecule has 1 amide bonds. The molecule has 5 nitrogen and oxygen atoms in total. The van der Waals surface area contributed by atoms with Crippen molar-refractivity contribution in [1.29, 1.82) is 0 Å². The monoisotopic (exact) mass is 371 g/mol. The second kappa shape index (κ2) is 8.72. The van der Waals surface area contributed by atoms with Crippen LogP contribution >= 0.6 is 0 Å². The van der Waals surface area contributed by atoms with Crippen LogP contribution in [-0.2, 0) is 16.1 Å². The number of rotatable bonds is 5. The number of benzene rings is 1. The highest BCUT2D eigenvalue weighted by molar-refractivity contribution is 5.78. The second-order valence-electron chi connectivity index (χ2n) is 8.66. The van der Waals surface area contributed by atoms with Gasteiger partial charge in [0.15, 0.2) is 0 Å². The summed E-state index contributed by atoms with van der Waals surface area (Å²) in [5.41, 5.74) is 7.69. The van der Waals surface area contributed by atoms with Gasteiger partial charge in [-0.25, -0.2) is 0 Å². The number of carbonyl (C=O) groups excluding carboxylic acids is 1. The molecule has 4 rings (SSSR count). The van der Waals surface area contributed by atoms with E-state index in [0.717, 1.165) is 39.1 Å². The van der Waals surface area contributed by atoms with Gasteiger partial charge in [0.2, 0.25) is 5.91 Å². The molecule has 1 saturated heterocycles. The van der Waals surface area contributed by atoms with Crippen LogP contribution in [0.1, 0.15) is 37.7 Å². The van der Waals surface area contributed by atoms with Crippen LogP contribution in [0.25, 0.3) is 0 Å². The van der Waals surface area contributed by atoms with E-state index in [1.165, 1.54) is 24.8 Å². The highest BCUT2D eigenvalue weighted by Crippen LogP contribution is 2.41. The van der Waals surface area contributed by atoms with E-state index in [1.54, 1.807) is 0 Å². The van der Waals surface area contributed by atoms with Crippen molar-refractivity contribution in [3.8, 4) is 0 Å². The lowest BCUT2D eigenvalue weighted by Crippen LogP contribution is -2.51. The van der Waals surface area contributed by atoms with Gasteiger partial charge in [0.25, 0.3) is 0 Å². The Bertz CT molecular complexity index is 609. The average Bonchev–Trinajstić information content (AvgIpc) is 2.67. The van der Waals surface area contributed by atoms with Gasteiger partial charge < -0.3 is 15.8 Å². The molecule has 3 aliphatic rings. The molecule has 3 fully saturated rings. The van der Waals surface area contributed by atoms with Crippen molar-refractivity contribution >= 4 is 5.91 Å². The fraction of sp³-hybridized carbons (Fsp3) is 0.682. The number of nitrogens with two attached hydrogens (primary N) is 1. The number of hydrogen-bond acceptors (Lipinski definition) is 4. The van der Waals surface area contributed by atoms with Crippen LogP contribution in [0.4, 0.5) is 0 Å². The van der Waals surface area contributed by atoms with Crippen LogP contribution in [0.3, 0.4) is 0 Å². The van der Waals surface area contributed by atoms with Gasteiger partial charge in [0, 0.05) is 38.1 Å². The van der Waals surface area contributed by atoms with Crippen molar-refractivity contribution < 1.29 is 9.53 Å². The molecule has 3 atom stereocenters. The lowest BCUT2D eigenvalue weighted by molar-refractivity contribution is -0.129. The maximum Gasteiger partial charge on any atom is 0.223 e. The topological polar surface area (TPSA) is 67.6 Å². The SMILES string of the molecule is NC1C2CCCC1CC(C(=O)NCC1CN(Cc3ccccc3)CCO1)C2. The molecule has 5 heteroatoms. The molecule has 2 bridgehead atoms. The molecule has 2 aliphatic carbocycles. The number of hydrogen-bond donors (Lipinski definition) is 2. The maximum absolute atomic E-state index is 12.7. The van der Waals surface area contributed by atoms with Crippen molar-refractivity contribution in [2.75, 3.05) is 26.2 Å². The summed E-state index contributed by atoms with van der Waals surface area (Å²) >= 11 is 0. The Labute approximate surface area is 162 Å². The van der Waals surface area contributed by atoms with E-state index in [1.807, 2.05) is 6.07 Å². The van der Waals surface area contributed by atoms with Gasteiger partial charge in [-0.05, 0) is 43.1 Å². The van der Waals surface area contributed by atoms with Gasteiger partial charge >= 0.3 is 0 Å². The minimum absolute atomic E-state index is 0.0803. The van der Waals surface area contributed by atoms with E-state index < -0.39 is 0 Å². The summed E-state index contributed by atoms with van der Waals surface area (Å²) < 4.78 is 5.90. The zero-order chi connectivity index (χ0) is 18.6. The summed E-state index contributed by atoms with van der Waals surface area (Å²) in [5, 5.41) is 3.18. The van der Waals surface area contributed by atoms with Crippen molar-refractivity contribution in [2.45, 2.75) is 50.8 Å². The summed E-state index contributed by atoms with van der Waals surface area (Å²) in [6, 6.07) is 10.9. The van der Waals surface area contributed by atoms with Crippen LogP contribution in [0.15, 0.2) is 30.3 Å². The summed E-state index contributed by atoms with van der Waals surface area (Å²) in [6.45, 7) is 4.11. The predicted molar refractivity (Wildman–Crippen MR) is 106 cm³/mol. The highest BCUT2D eigenvalue weighted by Gasteiger charge is 2.40. The summed E-state index contributed by atoms with van der Waals surface area (Å²) in [7, 11) is 0. The van der Waals surface area contributed by atoms with E-state index in [9.17, 15) is 4.79 Å². The number of morpholine rings is 1. The van der Waals surface area contributed by atoms with Crippen LogP contribution in [-0.4, -0.2) is 49.2 Å². The Morgan fingerprint density at radius 1 is 1.19 bits per heavy atom. The molecule has 3 N–H and O–H groups in total. The molecule has 1 aromatic rings. The number of fused-ring (bicyclic) bond motifs is 2. The third kappa shape index (κ3) is 4.71. The first-order valence-corrected chi connectivity index (χ1v) is 10.6. The van der Waals surface area contributed by atoms with E-state index in [2.05, 4.69) is 34.5 Å². The Morgan fingerprint density at radius 3 is 2.67 bits per heavy atom. The molecule has 2 saturated carbocycles. The second-order valence-corrected chi connectivity index (χ2v) is 8.66. The summed E-state index contributed by atoms with van der Waals surface area (Å²) in [6.07, 6.45) is 5.69. The fourth-order valence-corrected chi connectivity index (χ4v) is 5.25. The van der Waals surface area contributed by atoms with Crippen molar-refractivity contribution in [3.05, 3.63) is 35.9 Å². The van der Waals surface area contributed by atoms with Gasteiger partial charge in [0.1, 0.15) is 0 Å². The third-order valence-electron chi connectivity index (χ3n) is 6.76. The van der Waals surface area contributed by atoms with Gasteiger partial charge in [-0.1, -0.05) is 36.8 Å². The van der Waals surface area contributed by atoms with Crippen LogP contribution < -0.4 is 11.1 Å². The average molecular weight is 372 g/mol. The lowest BCUT2D eigenvalue weighted by atomic mass is 9.65. The normalized spacial score (nSPS) is 34.2. The molecule has 1 aromatic carbocycles.